The van der Waals surface area contributed by atoms with Crippen LogP contribution in [0.3, 0.4) is 0 Å². The Morgan fingerprint density at radius 3 is 1.95 bits per heavy atom. The maximum Gasteiger partial charge on any atom is 0.407 e. The third kappa shape index (κ3) is 6.86. The highest BCUT2D eigenvalue weighted by atomic mass is 16.6. The number of methoxy groups -OCH3 is 1. The number of piperidine rings is 1. The van der Waals surface area contributed by atoms with Crippen molar-refractivity contribution in [1.82, 2.24) is 19.8 Å². The number of imidazole rings is 1. The van der Waals surface area contributed by atoms with E-state index in [0.717, 1.165) is 41.8 Å². The first kappa shape index (κ1) is 31.0. The molecule has 3 aromatic carbocycles. The maximum absolute atomic E-state index is 13.2. The average molecular weight is 595 g/mol. The fraction of sp³-hybridized carbons (Fsp3) is 0.361. The smallest absolute Gasteiger partial charge is 0.407 e. The monoisotopic (exact) mass is 594 g/mol. The summed E-state index contributed by atoms with van der Waals surface area (Å²) in [6.07, 6.45) is 5.47. The summed E-state index contributed by atoms with van der Waals surface area (Å²) in [6, 6.07) is 30.6. The van der Waals surface area contributed by atoms with Gasteiger partial charge in [-0.3, -0.25) is 9.69 Å². The number of aromatic nitrogens is 2. The number of benzene rings is 3. The molecule has 0 bridgehead atoms. The number of rotatable bonds is 9. The fourth-order valence-corrected chi connectivity index (χ4v) is 6.21. The number of nitrogens with one attached hydrogen (secondary N) is 1. The molecule has 0 saturated carbocycles. The van der Waals surface area contributed by atoms with Gasteiger partial charge in [-0.05, 0) is 56.8 Å². The molecule has 2 atom stereocenters. The van der Waals surface area contributed by atoms with Crippen molar-refractivity contribution >= 4 is 12.1 Å². The molecule has 0 radical (unpaired) electrons. The van der Waals surface area contributed by atoms with Crippen LogP contribution in [0.1, 0.15) is 56.0 Å². The third-order valence-corrected chi connectivity index (χ3v) is 8.09. The van der Waals surface area contributed by atoms with Gasteiger partial charge < -0.3 is 19.4 Å². The zero-order valence-corrected chi connectivity index (χ0v) is 26.0. The van der Waals surface area contributed by atoms with Gasteiger partial charge in [0, 0.05) is 25.2 Å². The van der Waals surface area contributed by atoms with E-state index in [1.165, 1.54) is 7.11 Å². The van der Waals surface area contributed by atoms with E-state index in [9.17, 15) is 9.59 Å². The zero-order valence-electron chi connectivity index (χ0n) is 26.0. The molecule has 1 saturated heterocycles. The summed E-state index contributed by atoms with van der Waals surface area (Å²) in [5.41, 5.74) is 2.78. The predicted octanol–water partition coefficient (Wildman–Crippen LogP) is 5.80. The first-order valence-corrected chi connectivity index (χ1v) is 15.2. The van der Waals surface area contributed by atoms with E-state index >= 15 is 0 Å². The Labute approximate surface area is 260 Å². The molecule has 0 unspecified atom stereocenters. The standard InChI is InChI=1S/C36H42N4O4/c1-35(2,3)44-34(42)38-30-21-14-22-39(24-30)32(33(41)43-4)23-31-25-40(26-37-31)36(27-15-8-5-9-16-27,28-17-10-6-11-18-28)29-19-12-7-13-20-29/h5-13,15-20,25-26,30,32H,14,21-24H2,1-4H3,(H,38,42)/t30-,32-/m0/s1. The summed E-state index contributed by atoms with van der Waals surface area (Å²) in [6.45, 7) is 6.76. The first-order valence-electron chi connectivity index (χ1n) is 15.2. The summed E-state index contributed by atoms with van der Waals surface area (Å²) >= 11 is 0. The van der Waals surface area contributed by atoms with Crippen molar-refractivity contribution in [2.45, 2.75) is 63.3 Å². The highest BCUT2D eigenvalue weighted by Crippen LogP contribution is 2.40. The number of ether oxygens (including phenoxy) is 2. The molecule has 44 heavy (non-hydrogen) atoms. The van der Waals surface area contributed by atoms with Crippen molar-refractivity contribution < 1.29 is 19.1 Å². The van der Waals surface area contributed by atoms with E-state index in [0.29, 0.717) is 13.0 Å². The minimum atomic E-state index is -0.691. The lowest BCUT2D eigenvalue weighted by Crippen LogP contribution is -2.54. The Bertz CT molecular complexity index is 1420. The Morgan fingerprint density at radius 2 is 1.45 bits per heavy atom. The van der Waals surface area contributed by atoms with Gasteiger partial charge in [-0.2, -0.15) is 0 Å². The van der Waals surface area contributed by atoms with Gasteiger partial charge in [0.25, 0.3) is 0 Å². The van der Waals surface area contributed by atoms with Gasteiger partial charge in [-0.15, -0.1) is 0 Å². The average Bonchev–Trinajstić information content (AvgIpc) is 3.49. The van der Waals surface area contributed by atoms with Gasteiger partial charge in [0.1, 0.15) is 17.2 Å². The molecule has 0 aliphatic carbocycles. The third-order valence-electron chi connectivity index (χ3n) is 8.09. The number of hydrogen-bond acceptors (Lipinski definition) is 6. The molecule has 1 N–H and O–H groups in total. The van der Waals surface area contributed by atoms with Crippen LogP contribution < -0.4 is 5.32 Å². The van der Waals surface area contributed by atoms with E-state index in [1.807, 2.05) is 51.5 Å². The summed E-state index contributed by atoms with van der Waals surface area (Å²) < 4.78 is 12.9. The fourth-order valence-electron chi connectivity index (χ4n) is 6.21. The van der Waals surface area contributed by atoms with E-state index in [1.54, 1.807) is 0 Å². The minimum Gasteiger partial charge on any atom is -0.468 e. The lowest BCUT2D eigenvalue weighted by atomic mass is 9.77. The van der Waals surface area contributed by atoms with Crippen molar-refractivity contribution in [3.05, 3.63) is 126 Å². The Balaban J connectivity index is 1.48. The number of carbonyl (C=O) groups excluding carboxylic acids is 2. The number of alkyl carbamates (subject to hydrolysis) is 1. The van der Waals surface area contributed by atoms with Crippen LogP contribution in [0.5, 0.6) is 0 Å². The molecule has 4 aromatic rings. The van der Waals surface area contributed by atoms with Crippen LogP contribution in [0.2, 0.25) is 0 Å². The number of esters is 1. The molecule has 0 spiro atoms. The minimum absolute atomic E-state index is 0.134. The number of likely N-dealkylation sites (tertiary alicyclic amines) is 1. The largest absolute Gasteiger partial charge is 0.468 e. The molecule has 1 amide bonds. The first-order chi connectivity index (χ1) is 21.2. The normalized spacial score (nSPS) is 16.6. The van der Waals surface area contributed by atoms with Crippen molar-refractivity contribution in [2.75, 3.05) is 20.2 Å². The van der Waals surface area contributed by atoms with Gasteiger partial charge in [0.05, 0.1) is 19.1 Å². The SMILES string of the molecule is COC(=O)[C@H](Cc1cn(C(c2ccccc2)(c2ccccc2)c2ccccc2)cn1)N1CCC[C@H](NC(=O)OC(C)(C)C)C1. The summed E-state index contributed by atoms with van der Waals surface area (Å²) in [7, 11) is 1.42. The second-order valence-corrected chi connectivity index (χ2v) is 12.3. The zero-order chi connectivity index (χ0) is 31.2. The molecule has 1 fully saturated rings. The molecule has 2 heterocycles. The predicted molar refractivity (Wildman–Crippen MR) is 170 cm³/mol. The van der Waals surface area contributed by atoms with Gasteiger partial charge in [-0.25, -0.2) is 9.78 Å². The number of amides is 1. The van der Waals surface area contributed by atoms with Crippen molar-refractivity contribution in [2.24, 2.45) is 0 Å². The Hall–Kier alpha value is -4.43. The number of hydrogen-bond donors (Lipinski definition) is 1. The highest BCUT2D eigenvalue weighted by molar-refractivity contribution is 5.76. The van der Waals surface area contributed by atoms with Crippen molar-refractivity contribution in [3.63, 3.8) is 0 Å². The van der Waals surface area contributed by atoms with Gasteiger partial charge in [-0.1, -0.05) is 91.0 Å². The van der Waals surface area contributed by atoms with Crippen molar-refractivity contribution in [3.8, 4) is 0 Å². The molecule has 8 heteroatoms. The van der Waals surface area contributed by atoms with Crippen LogP contribution in [0, 0.1) is 0 Å². The Kier molecular flexibility index (Phi) is 9.49. The van der Waals surface area contributed by atoms with E-state index in [4.69, 9.17) is 14.5 Å². The topological polar surface area (TPSA) is 85.7 Å². The lowest BCUT2D eigenvalue weighted by molar-refractivity contribution is -0.147. The maximum atomic E-state index is 13.2. The lowest BCUT2D eigenvalue weighted by Gasteiger charge is -2.37. The molecule has 1 aliphatic heterocycles. The second-order valence-electron chi connectivity index (χ2n) is 12.3. The highest BCUT2D eigenvalue weighted by Gasteiger charge is 2.39. The second kappa shape index (κ2) is 13.5. The summed E-state index contributed by atoms with van der Waals surface area (Å²) in [5, 5.41) is 2.98. The molecule has 1 aromatic heterocycles. The van der Waals surface area contributed by atoms with Crippen LogP contribution >= 0.6 is 0 Å². The van der Waals surface area contributed by atoms with E-state index in [-0.39, 0.29) is 12.0 Å². The summed E-state index contributed by atoms with van der Waals surface area (Å²) in [5.74, 6) is -0.321. The van der Waals surface area contributed by atoms with Crippen LogP contribution in [0.25, 0.3) is 0 Å². The van der Waals surface area contributed by atoms with E-state index < -0.39 is 23.3 Å². The van der Waals surface area contributed by atoms with Crippen LogP contribution in [-0.2, 0) is 26.2 Å². The van der Waals surface area contributed by atoms with Gasteiger partial charge in [0.2, 0.25) is 0 Å². The van der Waals surface area contributed by atoms with Crippen molar-refractivity contribution in [1.29, 1.82) is 0 Å². The van der Waals surface area contributed by atoms with Gasteiger partial charge >= 0.3 is 12.1 Å². The number of nitrogens with zero attached hydrogens (tertiary/aromatic N) is 3. The molecule has 5 rings (SSSR count). The van der Waals surface area contributed by atoms with Crippen LogP contribution in [0.4, 0.5) is 4.79 Å². The summed E-state index contributed by atoms with van der Waals surface area (Å²) in [4.78, 5) is 32.6. The molecule has 8 nitrogen and oxygen atoms in total. The molecular formula is C36H42N4O4. The van der Waals surface area contributed by atoms with Crippen LogP contribution in [-0.4, -0.2) is 64.4 Å². The van der Waals surface area contributed by atoms with Crippen LogP contribution in [0.15, 0.2) is 104 Å². The van der Waals surface area contributed by atoms with Gasteiger partial charge in [0.15, 0.2) is 0 Å². The quantitative estimate of drug-likeness (QED) is 0.195. The Morgan fingerprint density at radius 1 is 0.909 bits per heavy atom. The van der Waals surface area contributed by atoms with E-state index in [2.05, 4.69) is 87.6 Å². The molecule has 1 aliphatic rings. The molecular weight excluding hydrogens is 552 g/mol. The number of carbonyl (C=O) groups is 2. The molecule has 230 valence electrons.